The van der Waals surface area contributed by atoms with Crippen molar-refractivity contribution in [1.82, 2.24) is 0 Å². The smallest absolute Gasteiger partial charge is 0.140 e. The van der Waals surface area contributed by atoms with Gasteiger partial charge in [-0.05, 0) is 48.9 Å². The normalized spacial score (nSPS) is 9.41. The van der Waals surface area contributed by atoms with Gasteiger partial charge in [0, 0.05) is 22.0 Å². The summed E-state index contributed by atoms with van der Waals surface area (Å²) in [5, 5.41) is 0. The number of hydrogen-bond acceptors (Lipinski definition) is 0. The topological polar surface area (TPSA) is 0 Å². The molecule has 2 aromatic rings. The molecule has 0 aliphatic carbocycles. The Morgan fingerprint density at radius 2 is 1.64 bits per heavy atom. The average Bonchev–Trinajstić information content (AvgIpc) is 2.52. The third-order valence-electron chi connectivity index (χ3n) is 3.04. The van der Waals surface area contributed by atoms with Gasteiger partial charge in [0.2, 0.25) is 0 Å². The molecular weight excluding hydrogens is 339 g/mol. The maximum Gasteiger partial charge on any atom is 0.140 e. The highest BCUT2D eigenvalue weighted by Crippen LogP contribution is 2.11. The molecule has 0 heterocycles. The second-order valence-corrected chi connectivity index (χ2v) is 5.77. The minimum Gasteiger partial charge on any atom is -0.206 e. The molecule has 0 unspecified atom stereocenters. The Balaban J connectivity index is 2.12. The summed E-state index contributed by atoms with van der Waals surface area (Å²) in [4.78, 5) is 0. The van der Waals surface area contributed by atoms with E-state index >= 15 is 0 Å². The van der Waals surface area contributed by atoms with Crippen molar-refractivity contribution < 1.29 is 4.39 Å². The van der Waals surface area contributed by atoms with E-state index in [0.29, 0.717) is 11.1 Å². The summed E-state index contributed by atoms with van der Waals surface area (Å²) in [5.41, 5.74) is 1.98. The second-order valence-electron chi connectivity index (χ2n) is 4.86. The Kier molecular flexibility index (Phi) is 6.26. The molecule has 0 aromatic heterocycles. The predicted octanol–water partition coefficient (Wildman–Crippen LogP) is 5.53. The van der Waals surface area contributed by atoms with Crippen molar-refractivity contribution in [3.05, 3.63) is 69.4 Å². The van der Waals surface area contributed by atoms with Crippen LogP contribution in [-0.4, -0.2) is 0 Å². The molecule has 2 heteroatoms. The molecule has 0 saturated heterocycles. The fraction of sp³-hybridized carbons (Fsp3) is 0.200. The molecule has 110 valence electrons. The molecule has 0 aliphatic rings. The molecule has 0 N–H and O–H groups in total. The molecular formula is C20H16BrF. The Labute approximate surface area is 139 Å². The molecule has 0 amide bonds. The van der Waals surface area contributed by atoms with Crippen LogP contribution in [-0.2, 0) is 0 Å². The molecule has 0 fully saturated rings. The highest BCUT2D eigenvalue weighted by molar-refractivity contribution is 9.10. The van der Waals surface area contributed by atoms with E-state index in [2.05, 4.69) is 46.5 Å². The zero-order chi connectivity index (χ0) is 15.8. The quantitative estimate of drug-likeness (QED) is 0.491. The van der Waals surface area contributed by atoms with Crippen LogP contribution in [0.25, 0.3) is 0 Å². The number of hydrogen-bond donors (Lipinski definition) is 0. The monoisotopic (exact) mass is 354 g/mol. The first kappa shape index (κ1) is 16.3. The van der Waals surface area contributed by atoms with E-state index in [9.17, 15) is 4.39 Å². The van der Waals surface area contributed by atoms with E-state index in [1.54, 1.807) is 12.1 Å². The molecule has 2 rings (SSSR count). The van der Waals surface area contributed by atoms with Crippen LogP contribution in [0.5, 0.6) is 0 Å². The van der Waals surface area contributed by atoms with E-state index in [-0.39, 0.29) is 5.82 Å². The van der Waals surface area contributed by atoms with E-state index in [1.165, 1.54) is 6.07 Å². The predicted molar refractivity (Wildman–Crippen MR) is 92.9 cm³/mol. The highest BCUT2D eigenvalue weighted by atomic mass is 79.9. The number of benzene rings is 2. The average molecular weight is 355 g/mol. The zero-order valence-corrected chi connectivity index (χ0v) is 14.0. The fourth-order valence-electron chi connectivity index (χ4n) is 1.79. The van der Waals surface area contributed by atoms with Crippen molar-refractivity contribution in [3.8, 4) is 23.7 Å². The molecule has 0 saturated carbocycles. The van der Waals surface area contributed by atoms with Crippen LogP contribution in [0.15, 0.2) is 46.9 Å². The van der Waals surface area contributed by atoms with E-state index in [0.717, 1.165) is 29.3 Å². The summed E-state index contributed by atoms with van der Waals surface area (Å²) >= 11 is 3.38. The molecule has 0 atom stereocenters. The minimum atomic E-state index is -0.313. The Hall–Kier alpha value is -2.03. The number of rotatable bonds is 2. The van der Waals surface area contributed by atoms with Gasteiger partial charge in [0.25, 0.3) is 0 Å². The molecule has 22 heavy (non-hydrogen) atoms. The van der Waals surface area contributed by atoms with Crippen LogP contribution >= 0.6 is 15.9 Å². The molecule has 2 aromatic carbocycles. The lowest BCUT2D eigenvalue weighted by Crippen LogP contribution is -1.86. The van der Waals surface area contributed by atoms with Gasteiger partial charge in [0.1, 0.15) is 5.82 Å². The lowest BCUT2D eigenvalue weighted by Gasteiger charge is -1.96. The van der Waals surface area contributed by atoms with Crippen LogP contribution in [0, 0.1) is 29.5 Å². The lowest BCUT2D eigenvalue weighted by molar-refractivity contribution is 0.624. The van der Waals surface area contributed by atoms with Crippen molar-refractivity contribution in [2.45, 2.75) is 26.2 Å². The van der Waals surface area contributed by atoms with Gasteiger partial charge in [0.15, 0.2) is 0 Å². The van der Waals surface area contributed by atoms with Crippen LogP contribution in [0.1, 0.15) is 42.9 Å². The SMILES string of the molecule is CCCCC#Cc1ccc(C#Cc2ccc(Br)cc2)cc1F. The van der Waals surface area contributed by atoms with E-state index in [4.69, 9.17) is 0 Å². The van der Waals surface area contributed by atoms with Gasteiger partial charge >= 0.3 is 0 Å². The number of halogens is 2. The third kappa shape index (κ3) is 5.06. The van der Waals surface area contributed by atoms with Gasteiger partial charge in [-0.15, -0.1) is 0 Å². The Bertz CT molecular complexity index is 752. The summed E-state index contributed by atoms with van der Waals surface area (Å²) in [6, 6.07) is 12.6. The molecule has 0 radical (unpaired) electrons. The van der Waals surface area contributed by atoms with Gasteiger partial charge in [-0.3, -0.25) is 0 Å². The Morgan fingerprint density at radius 1 is 0.955 bits per heavy atom. The summed E-state index contributed by atoms with van der Waals surface area (Å²) in [6.45, 7) is 2.11. The largest absolute Gasteiger partial charge is 0.206 e. The summed E-state index contributed by atoms with van der Waals surface area (Å²) in [6.07, 6.45) is 2.95. The van der Waals surface area contributed by atoms with Crippen molar-refractivity contribution in [1.29, 1.82) is 0 Å². The summed E-state index contributed by atoms with van der Waals surface area (Å²) in [7, 11) is 0. The van der Waals surface area contributed by atoms with Crippen molar-refractivity contribution in [3.63, 3.8) is 0 Å². The van der Waals surface area contributed by atoms with E-state index in [1.807, 2.05) is 24.3 Å². The second kappa shape index (κ2) is 8.42. The van der Waals surface area contributed by atoms with Gasteiger partial charge in [0.05, 0.1) is 5.56 Å². The third-order valence-corrected chi connectivity index (χ3v) is 3.57. The summed E-state index contributed by atoms with van der Waals surface area (Å²) < 4.78 is 15.0. The molecule has 0 aliphatic heterocycles. The van der Waals surface area contributed by atoms with Crippen LogP contribution in [0.3, 0.4) is 0 Å². The fourth-order valence-corrected chi connectivity index (χ4v) is 2.06. The highest BCUT2D eigenvalue weighted by Gasteiger charge is 1.99. The minimum absolute atomic E-state index is 0.313. The summed E-state index contributed by atoms with van der Waals surface area (Å²) in [5.74, 6) is 11.6. The Morgan fingerprint density at radius 3 is 2.32 bits per heavy atom. The van der Waals surface area contributed by atoms with Crippen molar-refractivity contribution >= 4 is 15.9 Å². The maximum atomic E-state index is 14.0. The van der Waals surface area contributed by atoms with E-state index < -0.39 is 0 Å². The van der Waals surface area contributed by atoms with Gasteiger partial charge < -0.3 is 0 Å². The van der Waals surface area contributed by atoms with Crippen LogP contribution < -0.4 is 0 Å². The number of unbranched alkanes of at least 4 members (excludes halogenated alkanes) is 2. The zero-order valence-electron chi connectivity index (χ0n) is 12.4. The van der Waals surface area contributed by atoms with Gasteiger partial charge in [-0.2, -0.15) is 0 Å². The molecule has 0 bridgehead atoms. The first-order valence-electron chi connectivity index (χ1n) is 7.25. The molecule has 0 nitrogen and oxygen atoms in total. The lowest BCUT2D eigenvalue weighted by atomic mass is 10.1. The first-order valence-corrected chi connectivity index (χ1v) is 8.04. The molecule has 0 spiro atoms. The standard InChI is InChI=1S/C20H16BrF/c1-2-3-4-5-6-18-12-9-17(15-20(18)22)8-7-16-10-13-19(21)14-11-16/h9-15H,2-4H2,1H3. The van der Waals surface area contributed by atoms with Gasteiger partial charge in [-0.1, -0.05) is 53.0 Å². The van der Waals surface area contributed by atoms with Crippen molar-refractivity contribution in [2.24, 2.45) is 0 Å². The maximum absolute atomic E-state index is 14.0. The van der Waals surface area contributed by atoms with Crippen LogP contribution in [0.4, 0.5) is 4.39 Å². The van der Waals surface area contributed by atoms with Crippen molar-refractivity contribution in [2.75, 3.05) is 0 Å². The van der Waals surface area contributed by atoms with Crippen LogP contribution in [0.2, 0.25) is 0 Å². The first-order chi connectivity index (χ1) is 10.7. The van der Waals surface area contributed by atoms with Gasteiger partial charge in [-0.25, -0.2) is 4.39 Å².